The first-order valence-corrected chi connectivity index (χ1v) is 10.1. The van der Waals surface area contributed by atoms with Crippen LogP contribution in [0.2, 0.25) is 0 Å². The molecule has 0 atom stereocenters. The number of methoxy groups -OCH3 is 1. The summed E-state index contributed by atoms with van der Waals surface area (Å²) in [6.45, 7) is 2.19. The van der Waals surface area contributed by atoms with Gasteiger partial charge in [-0.3, -0.25) is 9.59 Å². The summed E-state index contributed by atoms with van der Waals surface area (Å²) >= 11 is 1.13. The number of amides is 1. The molecule has 0 aliphatic carbocycles. The molecule has 30 heavy (non-hydrogen) atoms. The Morgan fingerprint density at radius 3 is 2.47 bits per heavy atom. The summed E-state index contributed by atoms with van der Waals surface area (Å²) in [5, 5.41) is 4.61. The van der Waals surface area contributed by atoms with Gasteiger partial charge in [0.05, 0.1) is 12.7 Å². The number of nitrogens with zero attached hydrogens (tertiary/aromatic N) is 1. The lowest BCUT2D eigenvalue weighted by atomic mass is 10.1. The molecule has 1 amide bonds. The average Bonchev–Trinajstić information content (AvgIpc) is 3.08. The first kappa shape index (κ1) is 21.1. The molecule has 0 fully saturated rings. The molecule has 0 bridgehead atoms. The van der Waals surface area contributed by atoms with E-state index in [1.165, 1.54) is 7.11 Å². The third kappa shape index (κ3) is 5.46. The molecule has 0 aliphatic heterocycles. The summed E-state index contributed by atoms with van der Waals surface area (Å²) in [6, 6.07) is 14.1. The summed E-state index contributed by atoms with van der Waals surface area (Å²) in [5.74, 6) is 5.45. The van der Waals surface area contributed by atoms with Gasteiger partial charge in [-0.05, 0) is 43.3 Å². The predicted molar refractivity (Wildman–Crippen MR) is 117 cm³/mol. The Labute approximate surface area is 178 Å². The number of rotatable bonds is 5. The van der Waals surface area contributed by atoms with Gasteiger partial charge in [0.15, 0.2) is 0 Å². The Bertz CT molecular complexity index is 1200. The first-order valence-electron chi connectivity index (χ1n) is 9.21. The second-order valence-electron chi connectivity index (χ2n) is 6.50. The molecule has 1 aromatic heterocycles. The van der Waals surface area contributed by atoms with Crippen LogP contribution >= 0.6 is 11.3 Å². The van der Waals surface area contributed by atoms with Gasteiger partial charge in [0.1, 0.15) is 0 Å². The maximum Gasteiger partial charge on any atom is 0.337 e. The molecule has 0 unspecified atom stereocenters. The Hall–Kier alpha value is -3.63. The molecule has 7 heteroatoms. The van der Waals surface area contributed by atoms with Crippen molar-refractivity contribution in [1.29, 1.82) is 0 Å². The maximum absolute atomic E-state index is 12.2. The Morgan fingerprint density at radius 2 is 1.80 bits per heavy atom. The number of anilines is 1. The number of benzene rings is 2. The molecule has 6 nitrogen and oxygen atoms in total. The van der Waals surface area contributed by atoms with Crippen LogP contribution in [0.15, 0.2) is 58.7 Å². The van der Waals surface area contributed by atoms with Gasteiger partial charge < -0.3 is 14.6 Å². The molecule has 1 N–H and O–H groups in total. The fourth-order valence-corrected chi connectivity index (χ4v) is 3.53. The minimum atomic E-state index is -0.414. The molecule has 3 rings (SSSR count). The highest BCUT2D eigenvalue weighted by Crippen LogP contribution is 2.12. The largest absolute Gasteiger partial charge is 0.465 e. The SMILES string of the molecule is COC(=O)c1cccc(C#Cc2cccc(NC(=O)CCn3c(C)csc3=O)c2)c1. The number of ether oxygens (including phenoxy) is 1. The Balaban J connectivity index is 1.65. The predicted octanol–water partition coefficient (Wildman–Crippen LogP) is 3.43. The second kappa shape index (κ2) is 9.72. The van der Waals surface area contributed by atoms with Crippen LogP contribution in [-0.4, -0.2) is 23.6 Å². The number of thiazole rings is 1. The van der Waals surface area contributed by atoms with Crippen molar-refractivity contribution in [2.24, 2.45) is 0 Å². The summed E-state index contributed by atoms with van der Waals surface area (Å²) in [7, 11) is 1.33. The lowest BCUT2D eigenvalue weighted by Gasteiger charge is -2.07. The molecule has 0 spiro atoms. The minimum Gasteiger partial charge on any atom is -0.465 e. The van der Waals surface area contributed by atoms with E-state index in [0.29, 0.717) is 23.4 Å². The molecule has 0 radical (unpaired) electrons. The van der Waals surface area contributed by atoms with Crippen LogP contribution in [0, 0.1) is 18.8 Å². The minimum absolute atomic E-state index is 0.0613. The molecule has 2 aromatic carbocycles. The van der Waals surface area contributed by atoms with E-state index in [9.17, 15) is 14.4 Å². The fraction of sp³-hybridized carbons (Fsp3) is 0.174. The van der Waals surface area contributed by atoms with Gasteiger partial charge in [0.25, 0.3) is 0 Å². The van der Waals surface area contributed by atoms with Crippen molar-refractivity contribution in [2.75, 3.05) is 12.4 Å². The van der Waals surface area contributed by atoms with Crippen LogP contribution in [0.1, 0.15) is 33.6 Å². The third-order valence-electron chi connectivity index (χ3n) is 4.32. The van der Waals surface area contributed by atoms with Gasteiger partial charge in [-0.15, -0.1) is 0 Å². The first-order chi connectivity index (χ1) is 14.5. The molecule has 152 valence electrons. The van der Waals surface area contributed by atoms with Gasteiger partial charge in [0, 0.05) is 40.9 Å². The van der Waals surface area contributed by atoms with Crippen molar-refractivity contribution in [3.05, 3.63) is 86.0 Å². The van der Waals surface area contributed by atoms with Crippen LogP contribution < -0.4 is 10.2 Å². The number of hydrogen-bond donors (Lipinski definition) is 1. The van der Waals surface area contributed by atoms with E-state index in [0.717, 1.165) is 22.6 Å². The zero-order valence-corrected chi connectivity index (χ0v) is 17.4. The van der Waals surface area contributed by atoms with Crippen LogP contribution in [0.25, 0.3) is 0 Å². The molecular formula is C23H20N2O4S. The van der Waals surface area contributed by atoms with Gasteiger partial charge in [-0.2, -0.15) is 0 Å². The quantitative estimate of drug-likeness (QED) is 0.507. The molecule has 0 aliphatic rings. The monoisotopic (exact) mass is 420 g/mol. The van der Waals surface area contributed by atoms with E-state index in [1.54, 1.807) is 52.4 Å². The van der Waals surface area contributed by atoms with Crippen LogP contribution in [-0.2, 0) is 16.1 Å². The number of nitrogens with one attached hydrogen (secondary N) is 1. The van der Waals surface area contributed by atoms with Gasteiger partial charge >= 0.3 is 10.8 Å². The number of carbonyl (C=O) groups is 2. The molecule has 3 aromatic rings. The van der Waals surface area contributed by atoms with Crippen molar-refractivity contribution in [3.8, 4) is 11.8 Å². The zero-order chi connectivity index (χ0) is 21.5. The zero-order valence-electron chi connectivity index (χ0n) is 16.6. The molecule has 0 saturated carbocycles. The number of hydrogen-bond acceptors (Lipinski definition) is 5. The van der Waals surface area contributed by atoms with E-state index in [1.807, 2.05) is 13.0 Å². The van der Waals surface area contributed by atoms with E-state index >= 15 is 0 Å². The Kier molecular flexibility index (Phi) is 6.83. The van der Waals surface area contributed by atoms with E-state index < -0.39 is 5.97 Å². The number of aryl methyl sites for hydroxylation is 1. The number of aromatic nitrogens is 1. The maximum atomic E-state index is 12.2. The number of esters is 1. The lowest BCUT2D eigenvalue weighted by molar-refractivity contribution is -0.116. The summed E-state index contributed by atoms with van der Waals surface area (Å²) < 4.78 is 6.31. The number of carbonyl (C=O) groups excluding carboxylic acids is 2. The van der Waals surface area contributed by atoms with Crippen molar-refractivity contribution in [1.82, 2.24) is 4.57 Å². The van der Waals surface area contributed by atoms with Crippen LogP contribution in [0.4, 0.5) is 5.69 Å². The molecular weight excluding hydrogens is 400 g/mol. The fourth-order valence-electron chi connectivity index (χ4n) is 2.77. The van der Waals surface area contributed by atoms with E-state index in [2.05, 4.69) is 17.2 Å². The highest BCUT2D eigenvalue weighted by molar-refractivity contribution is 7.07. The second-order valence-corrected chi connectivity index (χ2v) is 7.32. The van der Waals surface area contributed by atoms with Crippen molar-refractivity contribution < 1.29 is 14.3 Å². The summed E-state index contributed by atoms with van der Waals surface area (Å²) in [5.41, 5.74) is 3.33. The van der Waals surface area contributed by atoms with Gasteiger partial charge in [-0.25, -0.2) is 4.79 Å². The van der Waals surface area contributed by atoms with E-state index in [-0.39, 0.29) is 17.2 Å². The van der Waals surface area contributed by atoms with Crippen LogP contribution in [0.3, 0.4) is 0 Å². The topological polar surface area (TPSA) is 77.4 Å². The third-order valence-corrected chi connectivity index (χ3v) is 5.20. The van der Waals surface area contributed by atoms with E-state index in [4.69, 9.17) is 4.74 Å². The van der Waals surface area contributed by atoms with Gasteiger partial charge in [-0.1, -0.05) is 35.3 Å². The highest BCUT2D eigenvalue weighted by atomic mass is 32.1. The van der Waals surface area contributed by atoms with Crippen molar-refractivity contribution >= 4 is 28.9 Å². The molecule has 1 heterocycles. The average molecular weight is 420 g/mol. The van der Waals surface area contributed by atoms with Crippen LogP contribution in [0.5, 0.6) is 0 Å². The summed E-state index contributed by atoms with van der Waals surface area (Å²) in [4.78, 5) is 35.5. The van der Waals surface area contributed by atoms with Crippen molar-refractivity contribution in [3.63, 3.8) is 0 Å². The van der Waals surface area contributed by atoms with Gasteiger partial charge in [0.2, 0.25) is 5.91 Å². The Morgan fingerprint density at radius 1 is 1.10 bits per heavy atom. The molecule has 0 saturated heterocycles. The lowest BCUT2D eigenvalue weighted by Crippen LogP contribution is -2.20. The smallest absolute Gasteiger partial charge is 0.337 e. The standard InChI is InChI=1S/C23H20N2O4S/c1-16-15-30-23(28)25(16)12-11-21(26)24-20-8-4-6-18(14-20)10-9-17-5-3-7-19(13-17)22(27)29-2/h3-8,13-15H,11-12H2,1-2H3,(H,24,26). The highest BCUT2D eigenvalue weighted by Gasteiger charge is 2.07. The van der Waals surface area contributed by atoms with Crippen molar-refractivity contribution in [2.45, 2.75) is 19.9 Å². The normalized spacial score (nSPS) is 10.1. The summed E-state index contributed by atoms with van der Waals surface area (Å²) in [6.07, 6.45) is 0.202.